The molecule has 26 heavy (non-hydrogen) atoms. The van der Waals surface area contributed by atoms with Gasteiger partial charge in [-0.15, -0.1) is 0 Å². The van der Waals surface area contributed by atoms with E-state index >= 15 is 0 Å². The molecule has 0 spiro atoms. The third kappa shape index (κ3) is 5.37. The summed E-state index contributed by atoms with van der Waals surface area (Å²) in [6, 6.07) is 11.6. The second-order valence-corrected chi connectivity index (χ2v) is 5.76. The Labute approximate surface area is 152 Å². The van der Waals surface area contributed by atoms with Crippen molar-refractivity contribution in [3.8, 4) is 16.9 Å². The number of ether oxygens (including phenoxy) is 2. The summed E-state index contributed by atoms with van der Waals surface area (Å²) >= 11 is 0. The molecule has 0 fully saturated rings. The third-order valence-corrected chi connectivity index (χ3v) is 3.65. The monoisotopic (exact) mass is 356 g/mol. The molecular weight excluding hydrogens is 335 g/mol. The average Bonchev–Trinajstić information content (AvgIpc) is 2.62. The molecule has 0 aromatic heterocycles. The van der Waals surface area contributed by atoms with Crippen LogP contribution in [0.1, 0.15) is 12.5 Å². The van der Waals surface area contributed by atoms with Crippen molar-refractivity contribution < 1.29 is 23.8 Å². The number of hydrogen-bond acceptors (Lipinski definition) is 4. The van der Waals surface area contributed by atoms with Crippen molar-refractivity contribution in [2.45, 2.75) is 19.6 Å². The zero-order chi connectivity index (χ0) is 19.1. The van der Waals surface area contributed by atoms with Gasteiger partial charge in [-0.25, -0.2) is 9.18 Å². The Kier molecular flexibility index (Phi) is 6.83. The van der Waals surface area contributed by atoms with Gasteiger partial charge in [-0.3, -0.25) is 0 Å². The van der Waals surface area contributed by atoms with Crippen LogP contribution in [-0.4, -0.2) is 24.0 Å². The molecule has 136 valence electrons. The first-order valence-corrected chi connectivity index (χ1v) is 8.09. The summed E-state index contributed by atoms with van der Waals surface area (Å²) in [5.41, 5.74) is 2.35. The van der Waals surface area contributed by atoms with Crippen molar-refractivity contribution in [1.82, 2.24) is 0 Å². The van der Waals surface area contributed by atoms with Crippen LogP contribution in [0.5, 0.6) is 5.75 Å². The fourth-order valence-electron chi connectivity index (χ4n) is 2.20. The van der Waals surface area contributed by atoms with Crippen LogP contribution in [0.25, 0.3) is 11.1 Å². The van der Waals surface area contributed by atoms with Gasteiger partial charge in [0.15, 0.2) is 6.29 Å². The lowest BCUT2D eigenvalue weighted by atomic mass is 10.0. The SMILES string of the molecule is C=CC(O)OCCc1ccc(-c2ccc(OC(=O)C(=C)C)cc2F)cc1. The third-order valence-electron chi connectivity index (χ3n) is 3.65. The molecule has 1 unspecified atom stereocenters. The van der Waals surface area contributed by atoms with Gasteiger partial charge in [0, 0.05) is 17.2 Å². The maximum atomic E-state index is 14.3. The minimum absolute atomic E-state index is 0.133. The molecule has 0 bridgehead atoms. The molecule has 0 aliphatic heterocycles. The Bertz CT molecular complexity index is 796. The summed E-state index contributed by atoms with van der Waals surface area (Å²) in [4.78, 5) is 11.5. The minimum Gasteiger partial charge on any atom is -0.423 e. The zero-order valence-electron chi connectivity index (χ0n) is 14.6. The van der Waals surface area contributed by atoms with E-state index in [1.54, 1.807) is 18.2 Å². The highest BCUT2D eigenvalue weighted by atomic mass is 19.1. The molecule has 0 radical (unpaired) electrons. The van der Waals surface area contributed by atoms with Crippen LogP contribution in [0, 0.1) is 5.82 Å². The van der Waals surface area contributed by atoms with Crippen LogP contribution < -0.4 is 4.74 Å². The molecule has 5 heteroatoms. The van der Waals surface area contributed by atoms with Gasteiger partial charge in [-0.1, -0.05) is 37.4 Å². The number of rotatable bonds is 8. The topological polar surface area (TPSA) is 55.8 Å². The second kappa shape index (κ2) is 9.08. The molecule has 0 aliphatic rings. The van der Waals surface area contributed by atoms with E-state index < -0.39 is 18.1 Å². The number of benzene rings is 2. The van der Waals surface area contributed by atoms with E-state index in [9.17, 15) is 14.3 Å². The van der Waals surface area contributed by atoms with Crippen LogP contribution in [-0.2, 0) is 16.0 Å². The lowest BCUT2D eigenvalue weighted by Gasteiger charge is -2.09. The highest BCUT2D eigenvalue weighted by Crippen LogP contribution is 2.27. The number of esters is 1. The molecule has 2 aromatic carbocycles. The number of carbonyl (C=O) groups excluding carboxylic acids is 1. The predicted octanol–water partition coefficient (Wildman–Crippen LogP) is 4.04. The van der Waals surface area contributed by atoms with E-state index in [0.717, 1.165) is 5.56 Å². The molecule has 0 saturated heterocycles. The Balaban J connectivity index is 2.05. The van der Waals surface area contributed by atoms with E-state index in [4.69, 9.17) is 9.47 Å². The van der Waals surface area contributed by atoms with Gasteiger partial charge >= 0.3 is 5.97 Å². The van der Waals surface area contributed by atoms with E-state index in [1.165, 1.54) is 25.1 Å². The fraction of sp³-hybridized carbons (Fsp3) is 0.190. The summed E-state index contributed by atoms with van der Waals surface area (Å²) in [5, 5.41) is 9.25. The second-order valence-electron chi connectivity index (χ2n) is 5.76. The summed E-state index contributed by atoms with van der Waals surface area (Å²) in [6.07, 6.45) is 0.952. The highest BCUT2D eigenvalue weighted by Gasteiger charge is 2.10. The van der Waals surface area contributed by atoms with E-state index in [1.807, 2.05) is 12.1 Å². The lowest BCUT2D eigenvalue weighted by molar-refractivity contribution is -0.130. The van der Waals surface area contributed by atoms with Gasteiger partial charge in [-0.2, -0.15) is 0 Å². The number of aliphatic hydroxyl groups excluding tert-OH is 1. The summed E-state index contributed by atoms with van der Waals surface area (Å²) in [5.74, 6) is -0.943. The van der Waals surface area contributed by atoms with Crippen LogP contribution in [0.3, 0.4) is 0 Å². The maximum absolute atomic E-state index is 14.3. The molecule has 2 aromatic rings. The highest BCUT2D eigenvalue weighted by molar-refractivity contribution is 5.88. The quantitative estimate of drug-likeness (QED) is 0.255. The normalized spacial score (nSPS) is 11.7. The molecule has 0 heterocycles. The Morgan fingerprint density at radius 1 is 1.27 bits per heavy atom. The first-order chi connectivity index (χ1) is 12.4. The van der Waals surface area contributed by atoms with Gasteiger partial charge in [0.2, 0.25) is 0 Å². The standard InChI is InChI=1S/C21H21FO4/c1-4-20(23)25-12-11-15-5-7-16(8-6-15)18-10-9-17(13-19(18)22)26-21(24)14(2)3/h4-10,13,20,23H,1-2,11-12H2,3H3. The van der Waals surface area contributed by atoms with Crippen LogP contribution in [0.2, 0.25) is 0 Å². The molecule has 0 amide bonds. The van der Waals surface area contributed by atoms with Gasteiger partial charge in [0.25, 0.3) is 0 Å². The summed E-state index contributed by atoms with van der Waals surface area (Å²) in [7, 11) is 0. The smallest absolute Gasteiger partial charge is 0.338 e. The van der Waals surface area contributed by atoms with Gasteiger partial charge in [0.05, 0.1) is 6.61 Å². The van der Waals surface area contributed by atoms with Gasteiger partial charge < -0.3 is 14.6 Å². The molecule has 0 saturated carbocycles. The zero-order valence-corrected chi connectivity index (χ0v) is 14.6. The van der Waals surface area contributed by atoms with Crippen molar-refractivity contribution in [2.75, 3.05) is 6.61 Å². The summed E-state index contributed by atoms with van der Waals surface area (Å²) < 4.78 is 24.5. The van der Waals surface area contributed by atoms with Crippen molar-refractivity contribution in [3.63, 3.8) is 0 Å². The fourth-order valence-corrected chi connectivity index (χ4v) is 2.20. The van der Waals surface area contributed by atoms with E-state index in [2.05, 4.69) is 13.2 Å². The molecular formula is C21H21FO4. The molecule has 2 rings (SSSR count). The van der Waals surface area contributed by atoms with Crippen molar-refractivity contribution >= 4 is 5.97 Å². The first-order valence-electron chi connectivity index (χ1n) is 8.09. The Morgan fingerprint density at radius 3 is 2.54 bits per heavy atom. The van der Waals surface area contributed by atoms with Crippen molar-refractivity contribution in [2.24, 2.45) is 0 Å². The van der Waals surface area contributed by atoms with Gasteiger partial charge in [-0.05, 0) is 42.7 Å². The Morgan fingerprint density at radius 2 is 1.96 bits per heavy atom. The van der Waals surface area contributed by atoms with Crippen LogP contribution in [0.15, 0.2) is 67.3 Å². The molecule has 4 nitrogen and oxygen atoms in total. The maximum Gasteiger partial charge on any atom is 0.338 e. The number of hydrogen-bond donors (Lipinski definition) is 1. The summed E-state index contributed by atoms with van der Waals surface area (Å²) in [6.45, 7) is 8.79. The van der Waals surface area contributed by atoms with Crippen LogP contribution in [0.4, 0.5) is 4.39 Å². The van der Waals surface area contributed by atoms with E-state index in [0.29, 0.717) is 24.2 Å². The minimum atomic E-state index is -0.971. The first kappa shape index (κ1) is 19.6. The van der Waals surface area contributed by atoms with E-state index in [-0.39, 0.29) is 11.3 Å². The van der Waals surface area contributed by atoms with Crippen molar-refractivity contribution in [1.29, 1.82) is 0 Å². The molecule has 0 aliphatic carbocycles. The van der Waals surface area contributed by atoms with Crippen LogP contribution >= 0.6 is 0 Å². The largest absolute Gasteiger partial charge is 0.423 e. The van der Waals surface area contributed by atoms with Crippen molar-refractivity contribution in [3.05, 3.63) is 78.7 Å². The number of carbonyl (C=O) groups is 1. The number of aliphatic hydroxyl groups is 1. The predicted molar refractivity (Wildman–Crippen MR) is 98.1 cm³/mol. The lowest BCUT2D eigenvalue weighted by Crippen LogP contribution is -2.10. The molecule has 1 atom stereocenters. The molecule has 1 N–H and O–H groups in total. The number of halogens is 1. The average molecular weight is 356 g/mol. The van der Waals surface area contributed by atoms with Gasteiger partial charge in [0.1, 0.15) is 11.6 Å². The Hall–Kier alpha value is -2.76.